The number of hydrogen-bond acceptors (Lipinski definition) is 3. The quantitative estimate of drug-likeness (QED) is 0.834. The predicted octanol–water partition coefficient (Wildman–Crippen LogP) is 2.27. The van der Waals surface area contributed by atoms with E-state index in [-0.39, 0.29) is 16.0 Å². The molecule has 1 aliphatic carbocycles. The van der Waals surface area contributed by atoms with E-state index in [0.29, 0.717) is 6.54 Å². The first-order valence-corrected chi connectivity index (χ1v) is 7.85. The number of rotatable bonds is 4. The van der Waals surface area contributed by atoms with Crippen LogP contribution in [0.5, 0.6) is 0 Å². The van der Waals surface area contributed by atoms with E-state index in [4.69, 9.17) is 5.73 Å². The Hall–Kier alpha value is -1.14. The summed E-state index contributed by atoms with van der Waals surface area (Å²) in [6.07, 6.45) is 4.32. The zero-order valence-corrected chi connectivity index (χ0v) is 11.8. The molecule has 2 rings (SSSR count). The molecule has 0 amide bonds. The van der Waals surface area contributed by atoms with Crippen LogP contribution in [0, 0.1) is 11.2 Å². The van der Waals surface area contributed by atoms with Crippen LogP contribution in [0.25, 0.3) is 0 Å². The normalized spacial score (nSPS) is 18.6. The maximum atomic E-state index is 12.9. The largest absolute Gasteiger partial charge is 0.398 e. The van der Waals surface area contributed by atoms with Crippen LogP contribution in [0.4, 0.5) is 10.1 Å². The van der Waals surface area contributed by atoms with Gasteiger partial charge >= 0.3 is 0 Å². The summed E-state index contributed by atoms with van der Waals surface area (Å²) < 4.78 is 39.8. The Labute approximate surface area is 113 Å². The van der Waals surface area contributed by atoms with Gasteiger partial charge in [-0.2, -0.15) is 0 Å². The summed E-state index contributed by atoms with van der Waals surface area (Å²) in [7, 11) is -3.67. The molecule has 6 heteroatoms. The van der Waals surface area contributed by atoms with Gasteiger partial charge < -0.3 is 5.73 Å². The lowest BCUT2D eigenvalue weighted by Crippen LogP contribution is -2.34. The molecule has 1 fully saturated rings. The van der Waals surface area contributed by atoms with Crippen molar-refractivity contribution < 1.29 is 12.8 Å². The van der Waals surface area contributed by atoms with Gasteiger partial charge in [-0.1, -0.05) is 19.8 Å². The molecular weight excluding hydrogens is 267 g/mol. The summed E-state index contributed by atoms with van der Waals surface area (Å²) >= 11 is 0. The number of benzene rings is 1. The lowest BCUT2D eigenvalue weighted by atomic mass is 9.89. The Bertz CT molecular complexity index is 566. The maximum Gasteiger partial charge on any atom is 0.242 e. The fourth-order valence-corrected chi connectivity index (χ4v) is 3.83. The van der Waals surface area contributed by atoms with Crippen LogP contribution in [0.2, 0.25) is 0 Å². The molecule has 19 heavy (non-hydrogen) atoms. The van der Waals surface area contributed by atoms with Crippen molar-refractivity contribution in [3.63, 3.8) is 0 Å². The molecule has 0 spiro atoms. The van der Waals surface area contributed by atoms with Crippen LogP contribution in [0.1, 0.15) is 32.6 Å². The molecule has 0 aliphatic heterocycles. The van der Waals surface area contributed by atoms with E-state index in [1.54, 1.807) is 0 Å². The van der Waals surface area contributed by atoms with Crippen molar-refractivity contribution in [2.75, 3.05) is 12.3 Å². The van der Waals surface area contributed by atoms with E-state index in [0.717, 1.165) is 37.8 Å². The number of hydrogen-bond donors (Lipinski definition) is 2. The summed E-state index contributed by atoms with van der Waals surface area (Å²) in [6.45, 7) is 2.47. The van der Waals surface area contributed by atoms with Crippen LogP contribution in [-0.2, 0) is 10.0 Å². The van der Waals surface area contributed by atoms with Crippen molar-refractivity contribution >= 4 is 15.7 Å². The molecule has 1 saturated carbocycles. The number of halogens is 1. The summed E-state index contributed by atoms with van der Waals surface area (Å²) in [5.41, 5.74) is 5.52. The Balaban J connectivity index is 2.14. The molecule has 0 atom stereocenters. The average molecular weight is 286 g/mol. The van der Waals surface area contributed by atoms with E-state index in [1.807, 2.05) is 0 Å². The Morgan fingerprint density at radius 2 is 2.00 bits per heavy atom. The maximum absolute atomic E-state index is 12.9. The number of anilines is 1. The minimum Gasteiger partial charge on any atom is -0.398 e. The van der Waals surface area contributed by atoms with Gasteiger partial charge in [0, 0.05) is 6.54 Å². The molecule has 0 saturated heterocycles. The molecule has 0 aromatic heterocycles. The molecule has 1 aromatic carbocycles. The van der Waals surface area contributed by atoms with Crippen molar-refractivity contribution in [3.05, 3.63) is 24.0 Å². The second-order valence-electron chi connectivity index (χ2n) is 5.52. The minimum atomic E-state index is -3.67. The standard InChI is InChI=1S/C13H19FN2O2S/c1-13(6-2-3-7-13)9-16-19(17,18)12-5-4-10(14)8-11(12)15/h4-5,8,16H,2-3,6-7,9,15H2,1H3. The lowest BCUT2D eigenvalue weighted by molar-refractivity contribution is 0.336. The fourth-order valence-electron chi connectivity index (χ4n) is 2.52. The van der Waals surface area contributed by atoms with Gasteiger partial charge in [0.05, 0.1) is 5.69 Å². The summed E-state index contributed by atoms with van der Waals surface area (Å²) in [4.78, 5) is -0.0597. The highest BCUT2D eigenvalue weighted by Gasteiger charge is 2.30. The first kappa shape index (κ1) is 14.3. The number of nitrogens with one attached hydrogen (secondary N) is 1. The number of nitrogens with two attached hydrogens (primary N) is 1. The zero-order chi connectivity index (χ0) is 14.1. The second-order valence-corrected chi connectivity index (χ2v) is 7.26. The highest BCUT2D eigenvalue weighted by molar-refractivity contribution is 7.89. The molecule has 0 unspecified atom stereocenters. The van der Waals surface area contributed by atoms with Gasteiger partial charge in [0.1, 0.15) is 10.7 Å². The van der Waals surface area contributed by atoms with Crippen molar-refractivity contribution in [2.45, 2.75) is 37.5 Å². The van der Waals surface area contributed by atoms with Crippen LogP contribution in [0.15, 0.2) is 23.1 Å². The molecule has 0 heterocycles. The average Bonchev–Trinajstić information content (AvgIpc) is 2.74. The number of nitrogen functional groups attached to an aromatic ring is 1. The zero-order valence-electron chi connectivity index (χ0n) is 10.9. The number of sulfonamides is 1. The minimum absolute atomic E-state index is 0.0157. The van der Waals surface area contributed by atoms with Gasteiger partial charge in [0.15, 0.2) is 0 Å². The first-order chi connectivity index (χ1) is 8.82. The Morgan fingerprint density at radius 1 is 1.37 bits per heavy atom. The topological polar surface area (TPSA) is 72.2 Å². The molecule has 4 nitrogen and oxygen atoms in total. The summed E-state index contributed by atoms with van der Waals surface area (Å²) in [6, 6.07) is 3.32. The monoisotopic (exact) mass is 286 g/mol. The smallest absolute Gasteiger partial charge is 0.242 e. The third-order valence-electron chi connectivity index (χ3n) is 3.76. The molecule has 1 aromatic rings. The van der Waals surface area contributed by atoms with Crippen LogP contribution < -0.4 is 10.5 Å². The Morgan fingerprint density at radius 3 is 2.58 bits per heavy atom. The Kier molecular flexibility index (Phi) is 3.82. The van der Waals surface area contributed by atoms with E-state index >= 15 is 0 Å². The van der Waals surface area contributed by atoms with E-state index in [1.165, 1.54) is 6.07 Å². The molecule has 0 bridgehead atoms. The van der Waals surface area contributed by atoms with Crippen LogP contribution in [0.3, 0.4) is 0 Å². The molecule has 0 radical (unpaired) electrons. The molecule has 1 aliphatic rings. The SMILES string of the molecule is CC1(CNS(=O)(=O)c2ccc(F)cc2N)CCCC1. The predicted molar refractivity (Wildman–Crippen MR) is 72.6 cm³/mol. The van der Waals surface area contributed by atoms with E-state index in [9.17, 15) is 12.8 Å². The third kappa shape index (κ3) is 3.25. The van der Waals surface area contributed by atoms with Crippen LogP contribution in [-0.4, -0.2) is 15.0 Å². The third-order valence-corrected chi connectivity index (χ3v) is 5.24. The second kappa shape index (κ2) is 5.09. The van der Waals surface area contributed by atoms with Gasteiger partial charge in [-0.15, -0.1) is 0 Å². The van der Waals surface area contributed by atoms with Gasteiger partial charge in [-0.25, -0.2) is 17.5 Å². The van der Waals surface area contributed by atoms with Gasteiger partial charge in [-0.3, -0.25) is 0 Å². The highest BCUT2D eigenvalue weighted by Crippen LogP contribution is 2.37. The molecule has 106 valence electrons. The van der Waals surface area contributed by atoms with Crippen molar-refractivity contribution in [2.24, 2.45) is 5.41 Å². The highest BCUT2D eigenvalue weighted by atomic mass is 32.2. The molecule has 3 N–H and O–H groups in total. The van der Waals surface area contributed by atoms with Crippen LogP contribution >= 0.6 is 0 Å². The summed E-state index contributed by atoms with van der Waals surface area (Å²) in [5.74, 6) is -0.542. The lowest BCUT2D eigenvalue weighted by Gasteiger charge is -2.23. The summed E-state index contributed by atoms with van der Waals surface area (Å²) in [5, 5.41) is 0. The van der Waals surface area contributed by atoms with Crippen molar-refractivity contribution in [1.29, 1.82) is 0 Å². The molecular formula is C13H19FN2O2S. The van der Waals surface area contributed by atoms with Gasteiger partial charge in [0.25, 0.3) is 0 Å². The van der Waals surface area contributed by atoms with Gasteiger partial charge in [0.2, 0.25) is 10.0 Å². The fraction of sp³-hybridized carbons (Fsp3) is 0.538. The van der Waals surface area contributed by atoms with Crippen molar-refractivity contribution in [3.8, 4) is 0 Å². The van der Waals surface area contributed by atoms with Crippen molar-refractivity contribution in [1.82, 2.24) is 4.72 Å². The van der Waals surface area contributed by atoms with Gasteiger partial charge in [-0.05, 0) is 36.5 Å². The first-order valence-electron chi connectivity index (χ1n) is 6.37. The van der Waals surface area contributed by atoms with E-state index < -0.39 is 15.8 Å². The van der Waals surface area contributed by atoms with E-state index in [2.05, 4.69) is 11.6 Å².